The Kier molecular flexibility index (Phi) is 4.42. The summed E-state index contributed by atoms with van der Waals surface area (Å²) in [6.45, 7) is 1.07. The molecular weight excluding hydrogens is 246 g/mol. The van der Waals surface area contributed by atoms with Gasteiger partial charge in [0.25, 0.3) is 0 Å². The number of hydrogen-bond donors (Lipinski definition) is 3. The van der Waals surface area contributed by atoms with Gasteiger partial charge in [0.1, 0.15) is 0 Å². The Morgan fingerprint density at radius 1 is 1.57 bits per heavy atom. The molecule has 4 nitrogen and oxygen atoms in total. The molecule has 0 spiro atoms. The zero-order chi connectivity index (χ0) is 10.4. The SMILES string of the molecule is NC(CNCc1cccc(Br)c1)=NO. The molecule has 0 bridgehead atoms. The maximum atomic E-state index is 8.29. The number of halogens is 1. The van der Waals surface area contributed by atoms with Gasteiger partial charge in [0.2, 0.25) is 0 Å². The lowest BCUT2D eigenvalue weighted by Gasteiger charge is -2.03. The van der Waals surface area contributed by atoms with Crippen LogP contribution in [-0.4, -0.2) is 17.6 Å². The van der Waals surface area contributed by atoms with Gasteiger partial charge in [-0.15, -0.1) is 0 Å². The monoisotopic (exact) mass is 257 g/mol. The first-order valence-corrected chi connectivity index (χ1v) is 4.93. The smallest absolute Gasteiger partial charge is 0.153 e. The minimum Gasteiger partial charge on any atom is -0.409 e. The van der Waals surface area contributed by atoms with E-state index in [1.807, 2.05) is 24.3 Å². The standard InChI is InChI=1S/C9H12BrN3O/c10-8-3-1-2-7(4-8)5-12-6-9(11)13-14/h1-4,12,14H,5-6H2,(H2,11,13). The van der Waals surface area contributed by atoms with Crippen LogP contribution in [0.2, 0.25) is 0 Å². The van der Waals surface area contributed by atoms with Gasteiger partial charge >= 0.3 is 0 Å². The van der Waals surface area contributed by atoms with Crippen molar-refractivity contribution in [3.8, 4) is 0 Å². The number of nitrogens with two attached hydrogens (primary N) is 1. The van der Waals surface area contributed by atoms with Crippen molar-refractivity contribution < 1.29 is 5.21 Å². The van der Waals surface area contributed by atoms with E-state index in [0.29, 0.717) is 13.1 Å². The van der Waals surface area contributed by atoms with Crippen LogP contribution in [0.15, 0.2) is 33.9 Å². The van der Waals surface area contributed by atoms with E-state index in [1.54, 1.807) is 0 Å². The Bertz CT molecular complexity index is 328. The molecule has 0 radical (unpaired) electrons. The molecule has 0 saturated heterocycles. The number of nitrogens with zero attached hydrogens (tertiary/aromatic N) is 1. The van der Waals surface area contributed by atoms with E-state index in [9.17, 15) is 0 Å². The summed E-state index contributed by atoms with van der Waals surface area (Å²) in [6, 6.07) is 7.95. The Labute approximate surface area is 90.9 Å². The molecule has 0 unspecified atom stereocenters. The molecule has 0 aliphatic carbocycles. The molecule has 1 aromatic rings. The van der Waals surface area contributed by atoms with Crippen LogP contribution in [0.1, 0.15) is 5.56 Å². The molecule has 0 fully saturated rings. The lowest BCUT2D eigenvalue weighted by Crippen LogP contribution is -2.28. The molecule has 0 aromatic heterocycles. The fourth-order valence-corrected chi connectivity index (χ4v) is 1.46. The van der Waals surface area contributed by atoms with E-state index in [-0.39, 0.29) is 5.84 Å². The lowest BCUT2D eigenvalue weighted by molar-refractivity contribution is 0.317. The van der Waals surface area contributed by atoms with Gasteiger partial charge < -0.3 is 16.3 Å². The summed E-state index contributed by atoms with van der Waals surface area (Å²) in [5.74, 6) is 0.181. The summed E-state index contributed by atoms with van der Waals surface area (Å²) < 4.78 is 1.04. The molecule has 1 aromatic carbocycles. The van der Waals surface area contributed by atoms with E-state index in [0.717, 1.165) is 10.0 Å². The van der Waals surface area contributed by atoms with E-state index < -0.39 is 0 Å². The first kappa shape index (κ1) is 11.0. The molecule has 0 atom stereocenters. The minimum atomic E-state index is 0.181. The van der Waals surface area contributed by atoms with Crippen molar-refractivity contribution >= 4 is 21.8 Å². The van der Waals surface area contributed by atoms with Crippen molar-refractivity contribution in [1.29, 1.82) is 0 Å². The highest BCUT2D eigenvalue weighted by Crippen LogP contribution is 2.10. The van der Waals surface area contributed by atoms with Crippen LogP contribution in [0.5, 0.6) is 0 Å². The summed E-state index contributed by atoms with van der Waals surface area (Å²) >= 11 is 3.38. The molecule has 0 heterocycles. The molecule has 0 aliphatic heterocycles. The predicted molar refractivity (Wildman–Crippen MR) is 59.3 cm³/mol. The van der Waals surface area contributed by atoms with Crippen LogP contribution in [-0.2, 0) is 6.54 Å². The topological polar surface area (TPSA) is 70.6 Å². The van der Waals surface area contributed by atoms with Crippen molar-refractivity contribution in [2.75, 3.05) is 6.54 Å². The normalized spacial score (nSPS) is 11.6. The van der Waals surface area contributed by atoms with E-state index in [4.69, 9.17) is 10.9 Å². The highest BCUT2D eigenvalue weighted by Gasteiger charge is 1.95. The maximum absolute atomic E-state index is 8.29. The third kappa shape index (κ3) is 3.76. The van der Waals surface area contributed by atoms with Gasteiger partial charge in [0.15, 0.2) is 5.84 Å². The van der Waals surface area contributed by atoms with Crippen LogP contribution in [0.3, 0.4) is 0 Å². The summed E-state index contributed by atoms with van der Waals surface area (Å²) in [4.78, 5) is 0. The second-order valence-corrected chi connectivity index (χ2v) is 3.74. The van der Waals surface area contributed by atoms with Crippen molar-refractivity contribution in [2.24, 2.45) is 10.9 Å². The second-order valence-electron chi connectivity index (χ2n) is 2.82. The van der Waals surface area contributed by atoms with Crippen LogP contribution >= 0.6 is 15.9 Å². The summed E-state index contributed by atoms with van der Waals surface area (Å²) in [6.07, 6.45) is 0. The van der Waals surface area contributed by atoms with Gasteiger partial charge in [-0.25, -0.2) is 0 Å². The molecule has 0 amide bonds. The first-order valence-electron chi connectivity index (χ1n) is 4.14. The quantitative estimate of drug-likeness (QED) is 0.330. The summed E-state index contributed by atoms with van der Waals surface area (Å²) in [7, 11) is 0. The zero-order valence-corrected chi connectivity index (χ0v) is 9.16. The number of oxime groups is 1. The van der Waals surface area contributed by atoms with Crippen LogP contribution < -0.4 is 11.1 Å². The van der Waals surface area contributed by atoms with Crippen molar-refractivity contribution in [3.05, 3.63) is 34.3 Å². The van der Waals surface area contributed by atoms with Crippen molar-refractivity contribution in [3.63, 3.8) is 0 Å². The Balaban J connectivity index is 2.39. The number of hydrogen-bond acceptors (Lipinski definition) is 3. The Hall–Kier alpha value is -1.07. The van der Waals surface area contributed by atoms with E-state index >= 15 is 0 Å². The molecule has 1 rings (SSSR count). The molecule has 4 N–H and O–H groups in total. The number of nitrogens with one attached hydrogen (secondary N) is 1. The average Bonchev–Trinajstić information content (AvgIpc) is 2.17. The predicted octanol–water partition coefficient (Wildman–Crippen LogP) is 1.29. The third-order valence-corrected chi connectivity index (χ3v) is 2.15. The van der Waals surface area contributed by atoms with Gasteiger partial charge in [-0.1, -0.05) is 33.2 Å². The molecule has 5 heteroatoms. The van der Waals surface area contributed by atoms with Gasteiger partial charge in [0.05, 0.1) is 6.54 Å². The average molecular weight is 258 g/mol. The molecule has 0 aliphatic rings. The van der Waals surface area contributed by atoms with Crippen LogP contribution in [0.4, 0.5) is 0 Å². The van der Waals surface area contributed by atoms with Gasteiger partial charge in [0, 0.05) is 11.0 Å². The van der Waals surface area contributed by atoms with Gasteiger partial charge in [-0.3, -0.25) is 0 Å². The molecule has 0 saturated carbocycles. The van der Waals surface area contributed by atoms with Crippen molar-refractivity contribution in [2.45, 2.75) is 6.54 Å². The number of benzene rings is 1. The summed E-state index contributed by atoms with van der Waals surface area (Å²) in [5.41, 5.74) is 6.44. The zero-order valence-electron chi connectivity index (χ0n) is 7.57. The number of rotatable bonds is 4. The minimum absolute atomic E-state index is 0.181. The molecule has 14 heavy (non-hydrogen) atoms. The Morgan fingerprint density at radius 3 is 3.00 bits per heavy atom. The van der Waals surface area contributed by atoms with E-state index in [2.05, 4.69) is 26.4 Å². The fraction of sp³-hybridized carbons (Fsp3) is 0.222. The largest absolute Gasteiger partial charge is 0.409 e. The number of amidine groups is 1. The second kappa shape index (κ2) is 5.62. The lowest BCUT2D eigenvalue weighted by atomic mass is 10.2. The van der Waals surface area contributed by atoms with Crippen molar-refractivity contribution in [1.82, 2.24) is 5.32 Å². The van der Waals surface area contributed by atoms with E-state index in [1.165, 1.54) is 0 Å². The first-order chi connectivity index (χ1) is 6.72. The fourth-order valence-electron chi connectivity index (χ4n) is 1.02. The van der Waals surface area contributed by atoms with Crippen LogP contribution in [0, 0.1) is 0 Å². The summed E-state index contributed by atoms with van der Waals surface area (Å²) in [5, 5.41) is 14.2. The van der Waals surface area contributed by atoms with Gasteiger partial charge in [-0.05, 0) is 17.7 Å². The highest BCUT2D eigenvalue weighted by atomic mass is 79.9. The maximum Gasteiger partial charge on any atom is 0.153 e. The highest BCUT2D eigenvalue weighted by molar-refractivity contribution is 9.10. The molecular formula is C9H12BrN3O. The van der Waals surface area contributed by atoms with Gasteiger partial charge in [-0.2, -0.15) is 0 Å². The third-order valence-electron chi connectivity index (χ3n) is 1.65. The van der Waals surface area contributed by atoms with Crippen LogP contribution in [0.25, 0.3) is 0 Å². The molecule has 76 valence electrons. The Morgan fingerprint density at radius 2 is 2.36 bits per heavy atom.